The molecule has 2 N–H and O–H groups in total. The van der Waals surface area contributed by atoms with Gasteiger partial charge in [-0.05, 0) is 35.9 Å². The quantitative estimate of drug-likeness (QED) is 0.531. The first-order valence-electron chi connectivity index (χ1n) is 6.17. The van der Waals surface area contributed by atoms with E-state index in [-0.39, 0.29) is 23.4 Å². The fourth-order valence-corrected chi connectivity index (χ4v) is 1.86. The topological polar surface area (TPSA) is 52.3 Å². The third kappa shape index (κ3) is 4.21. The molecule has 0 radical (unpaired) electrons. The number of Topliss-reactive ketones (excluding diaryl/α,β-unsaturated/α-hetero) is 1. The van der Waals surface area contributed by atoms with Gasteiger partial charge in [-0.15, -0.1) is 13.2 Å². The van der Waals surface area contributed by atoms with Gasteiger partial charge in [0.05, 0.1) is 0 Å². The molecule has 0 aliphatic carbocycles. The van der Waals surface area contributed by atoms with Crippen LogP contribution in [0, 0.1) is 5.82 Å². The van der Waals surface area contributed by atoms with E-state index in [1.807, 2.05) is 0 Å². The van der Waals surface area contributed by atoms with Gasteiger partial charge in [-0.25, -0.2) is 4.39 Å². The Balaban J connectivity index is 2.10. The van der Waals surface area contributed by atoms with E-state index in [1.54, 1.807) is 0 Å². The minimum absolute atomic E-state index is 0.0376. The zero-order valence-electron chi connectivity index (χ0n) is 11.2. The molecule has 3 nitrogen and oxygen atoms in total. The zero-order valence-corrected chi connectivity index (χ0v) is 11.2. The molecule has 0 amide bonds. The summed E-state index contributed by atoms with van der Waals surface area (Å²) in [5, 5.41) is 0. The van der Waals surface area contributed by atoms with Gasteiger partial charge in [0.2, 0.25) is 0 Å². The number of ether oxygens (including phenoxy) is 1. The number of rotatable bonds is 4. The first-order chi connectivity index (χ1) is 10.2. The van der Waals surface area contributed by atoms with Crippen LogP contribution in [0.4, 0.5) is 23.2 Å². The Labute approximate surface area is 123 Å². The number of anilines is 1. The monoisotopic (exact) mass is 313 g/mol. The molecule has 22 heavy (non-hydrogen) atoms. The van der Waals surface area contributed by atoms with Gasteiger partial charge in [-0.1, -0.05) is 12.1 Å². The van der Waals surface area contributed by atoms with Crippen LogP contribution >= 0.6 is 0 Å². The van der Waals surface area contributed by atoms with Crippen molar-refractivity contribution >= 4 is 11.5 Å². The Bertz CT molecular complexity index is 681. The number of benzene rings is 2. The molecule has 0 aliphatic heterocycles. The SMILES string of the molecule is Nc1ccc(F)cc1C(=O)Cc1ccc(OC(F)(F)F)cc1. The zero-order chi connectivity index (χ0) is 16.3. The number of hydrogen-bond acceptors (Lipinski definition) is 3. The van der Waals surface area contributed by atoms with Crippen LogP contribution in [0.1, 0.15) is 15.9 Å². The van der Waals surface area contributed by atoms with Crippen molar-refractivity contribution in [3.63, 3.8) is 0 Å². The van der Waals surface area contributed by atoms with Crippen LogP contribution in [0.3, 0.4) is 0 Å². The van der Waals surface area contributed by atoms with Gasteiger partial charge in [0.15, 0.2) is 5.78 Å². The van der Waals surface area contributed by atoms with Gasteiger partial charge >= 0.3 is 6.36 Å². The van der Waals surface area contributed by atoms with Gasteiger partial charge in [-0.3, -0.25) is 4.79 Å². The highest BCUT2D eigenvalue weighted by atomic mass is 19.4. The Morgan fingerprint density at radius 2 is 1.73 bits per heavy atom. The minimum atomic E-state index is -4.77. The number of carbonyl (C=O) groups excluding carboxylic acids is 1. The molecule has 0 fully saturated rings. The van der Waals surface area contributed by atoms with Crippen LogP contribution in [0.15, 0.2) is 42.5 Å². The highest BCUT2D eigenvalue weighted by molar-refractivity contribution is 6.01. The van der Waals surface area contributed by atoms with E-state index in [0.29, 0.717) is 5.56 Å². The summed E-state index contributed by atoms with van der Waals surface area (Å²) < 4.78 is 52.9. The number of alkyl halides is 3. The second kappa shape index (κ2) is 6.05. The summed E-state index contributed by atoms with van der Waals surface area (Å²) in [5.74, 6) is -1.40. The van der Waals surface area contributed by atoms with E-state index in [2.05, 4.69) is 4.74 Å². The summed E-state index contributed by atoms with van der Waals surface area (Å²) in [4.78, 5) is 12.0. The normalized spacial score (nSPS) is 11.3. The van der Waals surface area contributed by atoms with E-state index in [4.69, 9.17) is 5.73 Å². The van der Waals surface area contributed by atoms with E-state index in [9.17, 15) is 22.4 Å². The van der Waals surface area contributed by atoms with Crippen LogP contribution in [0.5, 0.6) is 5.75 Å². The second-order valence-corrected chi connectivity index (χ2v) is 4.52. The number of hydrogen-bond donors (Lipinski definition) is 1. The number of ketones is 1. The summed E-state index contributed by atoms with van der Waals surface area (Å²) in [6.45, 7) is 0. The minimum Gasteiger partial charge on any atom is -0.406 e. The van der Waals surface area contributed by atoms with Crippen LogP contribution in [-0.4, -0.2) is 12.1 Å². The molecule has 0 heterocycles. The molecule has 116 valence electrons. The van der Waals surface area contributed by atoms with Crippen LogP contribution < -0.4 is 10.5 Å². The van der Waals surface area contributed by atoms with Crippen molar-refractivity contribution in [1.82, 2.24) is 0 Å². The average molecular weight is 313 g/mol. The molecule has 0 atom stereocenters. The molecular weight excluding hydrogens is 302 g/mol. The van der Waals surface area contributed by atoms with Crippen molar-refractivity contribution < 1.29 is 27.1 Å². The second-order valence-electron chi connectivity index (χ2n) is 4.52. The fourth-order valence-electron chi connectivity index (χ4n) is 1.86. The van der Waals surface area contributed by atoms with E-state index >= 15 is 0 Å². The van der Waals surface area contributed by atoms with Gasteiger partial charge in [0.25, 0.3) is 0 Å². The highest BCUT2D eigenvalue weighted by Gasteiger charge is 2.30. The molecule has 0 unspecified atom stereocenters. The molecule has 0 saturated carbocycles. The maximum absolute atomic E-state index is 13.1. The molecule has 2 rings (SSSR count). The van der Waals surface area contributed by atoms with Crippen molar-refractivity contribution in [3.8, 4) is 5.75 Å². The standard InChI is InChI=1S/C15H11F4NO2/c16-10-3-6-13(20)12(8-10)14(21)7-9-1-4-11(5-2-9)22-15(17,18)19/h1-6,8H,7,20H2. The first kappa shape index (κ1) is 15.8. The summed E-state index contributed by atoms with van der Waals surface area (Å²) >= 11 is 0. The Morgan fingerprint density at radius 3 is 2.32 bits per heavy atom. The van der Waals surface area contributed by atoms with E-state index in [1.165, 1.54) is 18.2 Å². The molecule has 0 aromatic heterocycles. The van der Waals surface area contributed by atoms with E-state index in [0.717, 1.165) is 24.3 Å². The summed E-state index contributed by atoms with van der Waals surface area (Å²) in [6, 6.07) is 8.30. The highest BCUT2D eigenvalue weighted by Crippen LogP contribution is 2.23. The van der Waals surface area contributed by atoms with Crippen LogP contribution in [0.2, 0.25) is 0 Å². The smallest absolute Gasteiger partial charge is 0.406 e. The molecule has 0 saturated heterocycles. The lowest BCUT2D eigenvalue weighted by molar-refractivity contribution is -0.274. The maximum atomic E-state index is 13.1. The lowest BCUT2D eigenvalue weighted by atomic mass is 10.0. The largest absolute Gasteiger partial charge is 0.573 e. The Kier molecular flexibility index (Phi) is 4.35. The van der Waals surface area contributed by atoms with Crippen molar-refractivity contribution in [2.75, 3.05) is 5.73 Å². The Morgan fingerprint density at radius 1 is 1.09 bits per heavy atom. The summed E-state index contributed by atoms with van der Waals surface area (Å²) in [6.07, 6.45) is -4.88. The lowest BCUT2D eigenvalue weighted by Crippen LogP contribution is -2.17. The summed E-state index contributed by atoms with van der Waals surface area (Å²) in [7, 11) is 0. The van der Waals surface area contributed by atoms with Gasteiger partial charge in [0, 0.05) is 17.7 Å². The van der Waals surface area contributed by atoms with Crippen molar-refractivity contribution in [2.45, 2.75) is 12.8 Å². The third-order valence-electron chi connectivity index (χ3n) is 2.84. The number of carbonyl (C=O) groups is 1. The predicted octanol–water partition coefficient (Wildman–Crippen LogP) is 3.73. The molecule has 0 aliphatic rings. The van der Waals surface area contributed by atoms with Crippen LogP contribution in [-0.2, 0) is 6.42 Å². The first-order valence-corrected chi connectivity index (χ1v) is 6.17. The summed E-state index contributed by atoms with van der Waals surface area (Å²) in [5.41, 5.74) is 6.25. The van der Waals surface area contributed by atoms with Crippen molar-refractivity contribution in [2.24, 2.45) is 0 Å². The lowest BCUT2D eigenvalue weighted by Gasteiger charge is -2.09. The molecule has 0 spiro atoms. The van der Waals surface area contributed by atoms with Crippen molar-refractivity contribution in [3.05, 3.63) is 59.4 Å². The molecule has 0 bridgehead atoms. The van der Waals surface area contributed by atoms with E-state index < -0.39 is 18.0 Å². The van der Waals surface area contributed by atoms with Gasteiger partial charge < -0.3 is 10.5 Å². The van der Waals surface area contributed by atoms with Gasteiger partial charge in [-0.2, -0.15) is 0 Å². The fraction of sp³-hybridized carbons (Fsp3) is 0.133. The number of nitrogens with two attached hydrogens (primary N) is 1. The molecular formula is C15H11F4NO2. The molecule has 2 aromatic rings. The number of halogens is 4. The predicted molar refractivity (Wildman–Crippen MR) is 72.0 cm³/mol. The Hall–Kier alpha value is -2.57. The van der Waals surface area contributed by atoms with Gasteiger partial charge in [0.1, 0.15) is 11.6 Å². The average Bonchev–Trinajstić information content (AvgIpc) is 2.42. The molecule has 7 heteroatoms. The number of nitrogen functional groups attached to an aromatic ring is 1. The maximum Gasteiger partial charge on any atom is 0.573 e. The molecule has 2 aromatic carbocycles. The van der Waals surface area contributed by atoms with Crippen molar-refractivity contribution in [1.29, 1.82) is 0 Å². The third-order valence-corrected chi connectivity index (χ3v) is 2.84. The van der Waals surface area contributed by atoms with Crippen LogP contribution in [0.25, 0.3) is 0 Å².